The maximum absolute atomic E-state index is 12.7. The minimum atomic E-state index is -3.75. The van der Waals surface area contributed by atoms with Crippen LogP contribution >= 0.6 is 0 Å². The summed E-state index contributed by atoms with van der Waals surface area (Å²) in [4.78, 5) is 14.6. The number of hydrogen-bond acceptors (Lipinski definition) is 5. The number of piperidine rings is 1. The van der Waals surface area contributed by atoms with Gasteiger partial charge in [0.25, 0.3) is 15.9 Å². The Morgan fingerprint density at radius 3 is 2.14 bits per heavy atom. The number of sulfonamides is 1. The molecule has 1 saturated heterocycles. The molecular formula is C28H32N2O5S. The van der Waals surface area contributed by atoms with E-state index in [0.717, 1.165) is 32.4 Å². The number of benzene rings is 3. The minimum absolute atomic E-state index is 0.0537. The first-order valence-electron chi connectivity index (χ1n) is 12.2. The van der Waals surface area contributed by atoms with Crippen LogP contribution in [0.2, 0.25) is 0 Å². The number of hydrogen-bond donors (Lipinski definition) is 1. The molecule has 1 aliphatic heterocycles. The smallest absolute Gasteiger partial charge is 0.261 e. The Labute approximate surface area is 213 Å². The molecule has 1 heterocycles. The highest BCUT2D eigenvalue weighted by atomic mass is 32.2. The summed E-state index contributed by atoms with van der Waals surface area (Å²) < 4.78 is 39.0. The largest absolute Gasteiger partial charge is 0.494 e. The van der Waals surface area contributed by atoms with Gasteiger partial charge in [-0.15, -0.1) is 0 Å². The van der Waals surface area contributed by atoms with E-state index in [4.69, 9.17) is 9.47 Å². The quantitative estimate of drug-likeness (QED) is 0.427. The standard InChI is InChI=1S/C28H32N2O5S/c1-2-34-25-10-8-24(9-11-25)29-36(32,33)27-14-12-26(13-15-27)35-21-28(31)30-18-16-23(17-19-30)20-22-6-4-3-5-7-22/h3-15,23,29H,2,16-21H2,1H3. The van der Waals surface area contributed by atoms with Crippen molar-refractivity contribution >= 4 is 21.6 Å². The van der Waals surface area contributed by atoms with Crippen molar-refractivity contribution in [1.29, 1.82) is 0 Å². The Hall–Kier alpha value is -3.52. The average molecular weight is 509 g/mol. The Morgan fingerprint density at radius 1 is 0.889 bits per heavy atom. The minimum Gasteiger partial charge on any atom is -0.494 e. The molecule has 190 valence electrons. The number of anilines is 1. The van der Waals surface area contributed by atoms with Crippen LogP contribution in [-0.2, 0) is 21.2 Å². The lowest BCUT2D eigenvalue weighted by Crippen LogP contribution is -2.41. The van der Waals surface area contributed by atoms with E-state index < -0.39 is 10.0 Å². The number of likely N-dealkylation sites (tertiary alicyclic amines) is 1. The van der Waals surface area contributed by atoms with Gasteiger partial charge in [-0.1, -0.05) is 30.3 Å². The highest BCUT2D eigenvalue weighted by molar-refractivity contribution is 7.92. The summed E-state index contributed by atoms with van der Waals surface area (Å²) in [7, 11) is -3.75. The SMILES string of the molecule is CCOc1ccc(NS(=O)(=O)c2ccc(OCC(=O)N3CCC(Cc4ccccc4)CC3)cc2)cc1. The van der Waals surface area contributed by atoms with Crippen LogP contribution in [-0.4, -0.2) is 45.5 Å². The van der Waals surface area contributed by atoms with Crippen molar-refractivity contribution in [3.05, 3.63) is 84.4 Å². The molecule has 0 radical (unpaired) electrons. The number of rotatable bonds is 10. The molecule has 1 aliphatic rings. The molecule has 0 bridgehead atoms. The number of nitrogens with zero attached hydrogens (tertiary/aromatic N) is 1. The zero-order chi connectivity index (χ0) is 25.4. The van der Waals surface area contributed by atoms with Gasteiger partial charge in [-0.25, -0.2) is 8.42 Å². The monoisotopic (exact) mass is 508 g/mol. The summed E-state index contributed by atoms with van der Waals surface area (Å²) >= 11 is 0. The van der Waals surface area contributed by atoms with Crippen molar-refractivity contribution in [2.24, 2.45) is 5.92 Å². The second-order valence-corrected chi connectivity index (χ2v) is 10.5. The number of nitrogens with one attached hydrogen (secondary N) is 1. The molecule has 4 rings (SSSR count). The van der Waals surface area contributed by atoms with Crippen LogP contribution in [0, 0.1) is 5.92 Å². The molecule has 1 N–H and O–H groups in total. The van der Waals surface area contributed by atoms with E-state index in [2.05, 4.69) is 29.0 Å². The number of carbonyl (C=O) groups is 1. The highest BCUT2D eigenvalue weighted by Crippen LogP contribution is 2.23. The average Bonchev–Trinajstić information content (AvgIpc) is 2.90. The maximum atomic E-state index is 12.7. The molecule has 36 heavy (non-hydrogen) atoms. The van der Waals surface area contributed by atoms with Gasteiger partial charge >= 0.3 is 0 Å². The first-order chi connectivity index (χ1) is 17.4. The normalized spacial score (nSPS) is 14.3. The summed E-state index contributed by atoms with van der Waals surface area (Å²) in [5, 5.41) is 0. The number of ether oxygens (including phenoxy) is 2. The van der Waals surface area contributed by atoms with Crippen molar-refractivity contribution in [3.8, 4) is 11.5 Å². The fourth-order valence-corrected chi connectivity index (χ4v) is 5.34. The van der Waals surface area contributed by atoms with Gasteiger partial charge in [-0.3, -0.25) is 9.52 Å². The molecular weight excluding hydrogens is 476 g/mol. The van der Waals surface area contributed by atoms with Crippen molar-refractivity contribution in [2.75, 3.05) is 31.0 Å². The molecule has 0 atom stereocenters. The summed E-state index contributed by atoms with van der Waals surface area (Å²) in [6.07, 6.45) is 3.01. The van der Waals surface area contributed by atoms with E-state index in [1.54, 1.807) is 36.4 Å². The lowest BCUT2D eigenvalue weighted by molar-refractivity contribution is -0.134. The van der Waals surface area contributed by atoms with E-state index in [0.29, 0.717) is 29.7 Å². The zero-order valence-electron chi connectivity index (χ0n) is 20.4. The predicted octanol–water partition coefficient (Wildman–Crippen LogP) is 4.75. The first-order valence-corrected chi connectivity index (χ1v) is 13.7. The van der Waals surface area contributed by atoms with Crippen LogP contribution in [0.15, 0.2) is 83.8 Å². The third-order valence-corrected chi connectivity index (χ3v) is 7.65. The van der Waals surface area contributed by atoms with Crippen LogP contribution in [0.5, 0.6) is 11.5 Å². The molecule has 7 nitrogen and oxygen atoms in total. The Morgan fingerprint density at radius 2 is 1.50 bits per heavy atom. The highest BCUT2D eigenvalue weighted by Gasteiger charge is 2.23. The van der Waals surface area contributed by atoms with Gasteiger partial charge in [-0.2, -0.15) is 0 Å². The fraction of sp³-hybridized carbons (Fsp3) is 0.321. The van der Waals surface area contributed by atoms with Gasteiger partial charge in [-0.05, 0) is 86.2 Å². The van der Waals surface area contributed by atoms with E-state index >= 15 is 0 Å². The topological polar surface area (TPSA) is 84.9 Å². The summed E-state index contributed by atoms with van der Waals surface area (Å²) in [5.74, 6) is 1.65. The number of carbonyl (C=O) groups excluding carboxylic acids is 1. The van der Waals surface area contributed by atoms with Crippen molar-refractivity contribution in [3.63, 3.8) is 0 Å². The molecule has 8 heteroatoms. The molecule has 0 aromatic heterocycles. The Bertz CT molecular complexity index is 1220. The van der Waals surface area contributed by atoms with Gasteiger partial charge < -0.3 is 14.4 Å². The third kappa shape index (κ3) is 7.01. The van der Waals surface area contributed by atoms with E-state index in [1.165, 1.54) is 17.7 Å². The molecule has 0 spiro atoms. The molecule has 0 aliphatic carbocycles. The fourth-order valence-electron chi connectivity index (χ4n) is 4.29. The summed E-state index contributed by atoms with van der Waals surface area (Å²) in [5.41, 5.74) is 1.78. The lowest BCUT2D eigenvalue weighted by atomic mass is 9.90. The molecule has 1 fully saturated rings. The van der Waals surface area contributed by atoms with Gasteiger partial charge in [0.2, 0.25) is 0 Å². The van der Waals surface area contributed by atoms with Crippen LogP contribution in [0.1, 0.15) is 25.3 Å². The molecule has 1 amide bonds. The van der Waals surface area contributed by atoms with Gasteiger partial charge in [0.05, 0.1) is 11.5 Å². The predicted molar refractivity (Wildman–Crippen MR) is 140 cm³/mol. The van der Waals surface area contributed by atoms with Crippen LogP contribution < -0.4 is 14.2 Å². The third-order valence-electron chi connectivity index (χ3n) is 6.25. The molecule has 3 aromatic carbocycles. The van der Waals surface area contributed by atoms with E-state index in [9.17, 15) is 13.2 Å². The van der Waals surface area contributed by atoms with E-state index in [-0.39, 0.29) is 17.4 Å². The molecule has 0 unspecified atom stereocenters. The number of amides is 1. The Kier molecular flexibility index (Phi) is 8.48. The summed E-state index contributed by atoms with van der Waals surface area (Å²) in [6, 6.07) is 23.2. The zero-order valence-corrected chi connectivity index (χ0v) is 21.2. The summed E-state index contributed by atoms with van der Waals surface area (Å²) in [6.45, 7) is 3.82. The van der Waals surface area contributed by atoms with Gasteiger partial charge in [0, 0.05) is 18.8 Å². The van der Waals surface area contributed by atoms with Crippen molar-refractivity contribution in [1.82, 2.24) is 4.90 Å². The molecule has 0 saturated carbocycles. The maximum Gasteiger partial charge on any atom is 0.261 e. The van der Waals surface area contributed by atoms with Crippen LogP contribution in [0.25, 0.3) is 0 Å². The molecule has 3 aromatic rings. The van der Waals surface area contributed by atoms with Crippen molar-refractivity contribution < 1.29 is 22.7 Å². The second kappa shape index (κ2) is 11.9. The van der Waals surface area contributed by atoms with E-state index in [1.807, 2.05) is 17.9 Å². The Balaban J connectivity index is 1.24. The second-order valence-electron chi connectivity index (χ2n) is 8.84. The van der Waals surface area contributed by atoms with Crippen LogP contribution in [0.4, 0.5) is 5.69 Å². The van der Waals surface area contributed by atoms with Gasteiger partial charge in [0.1, 0.15) is 11.5 Å². The lowest BCUT2D eigenvalue weighted by Gasteiger charge is -2.32. The van der Waals surface area contributed by atoms with Crippen LogP contribution in [0.3, 0.4) is 0 Å². The first kappa shape index (κ1) is 25.6. The van der Waals surface area contributed by atoms with Gasteiger partial charge in [0.15, 0.2) is 6.61 Å². The van der Waals surface area contributed by atoms with Crippen molar-refractivity contribution in [2.45, 2.75) is 31.1 Å².